The largest absolute Gasteiger partial charge is 0.506 e. The summed E-state index contributed by atoms with van der Waals surface area (Å²) in [6.45, 7) is 2.78. The van der Waals surface area contributed by atoms with Crippen LogP contribution in [-0.4, -0.2) is 54.5 Å². The van der Waals surface area contributed by atoms with Crippen LogP contribution in [-0.2, 0) is 4.79 Å². The highest BCUT2D eigenvalue weighted by atomic mass is 16.5. The van der Waals surface area contributed by atoms with Crippen LogP contribution >= 0.6 is 0 Å². The highest BCUT2D eigenvalue weighted by Gasteiger charge is 2.17. The Balaban J connectivity index is 1.38. The number of rotatable bonds is 9. The van der Waals surface area contributed by atoms with Crippen LogP contribution in [0.3, 0.4) is 0 Å². The summed E-state index contributed by atoms with van der Waals surface area (Å²) in [6.07, 6.45) is 3.31. The monoisotopic (exact) mass is 425 g/mol. The molecule has 166 valence electrons. The molecule has 0 aromatic heterocycles. The van der Waals surface area contributed by atoms with E-state index in [2.05, 4.69) is 22.6 Å². The Bertz CT molecular complexity index is 893. The fourth-order valence-electron chi connectivity index (χ4n) is 3.44. The van der Waals surface area contributed by atoms with Crippen molar-refractivity contribution in [2.75, 3.05) is 37.3 Å². The van der Waals surface area contributed by atoms with Crippen molar-refractivity contribution in [3.8, 4) is 11.5 Å². The van der Waals surface area contributed by atoms with Gasteiger partial charge in [0.1, 0.15) is 23.4 Å². The van der Waals surface area contributed by atoms with Crippen molar-refractivity contribution >= 4 is 23.1 Å². The number of likely N-dealkylation sites (tertiary alicyclic amines) is 1. The number of anilines is 2. The van der Waals surface area contributed by atoms with E-state index < -0.39 is 0 Å². The molecule has 0 atom stereocenters. The number of hydrogen-bond acceptors (Lipinski definition) is 6. The van der Waals surface area contributed by atoms with Crippen LogP contribution in [0.15, 0.2) is 42.5 Å². The predicted molar refractivity (Wildman–Crippen MR) is 123 cm³/mol. The third kappa shape index (κ3) is 6.89. The molecule has 1 aliphatic rings. The molecule has 0 bridgehead atoms. The van der Waals surface area contributed by atoms with E-state index in [9.17, 15) is 9.90 Å². The average molecular weight is 426 g/mol. The highest BCUT2D eigenvalue weighted by Crippen LogP contribution is 2.24. The lowest BCUT2D eigenvalue weighted by molar-refractivity contribution is -0.116. The van der Waals surface area contributed by atoms with E-state index in [0.717, 1.165) is 37.4 Å². The first-order valence-corrected chi connectivity index (χ1v) is 10.6. The van der Waals surface area contributed by atoms with Crippen molar-refractivity contribution in [2.24, 2.45) is 5.73 Å². The number of phenols is 1. The number of piperidine rings is 1. The van der Waals surface area contributed by atoms with Gasteiger partial charge in [-0.15, -0.1) is 0 Å². The Morgan fingerprint density at radius 3 is 2.61 bits per heavy atom. The molecule has 1 heterocycles. The summed E-state index contributed by atoms with van der Waals surface area (Å²) in [5.74, 6) is 0.494. The maximum absolute atomic E-state index is 12.2. The molecule has 8 heteroatoms. The number of ether oxygens (including phenoxy) is 1. The molecule has 0 spiro atoms. The minimum atomic E-state index is -0.209. The second-order valence-electron chi connectivity index (χ2n) is 7.87. The van der Waals surface area contributed by atoms with Crippen LogP contribution in [0.4, 0.5) is 11.4 Å². The Labute approximate surface area is 182 Å². The normalized spacial score (nSPS) is 14.7. The van der Waals surface area contributed by atoms with Crippen molar-refractivity contribution < 1.29 is 14.6 Å². The van der Waals surface area contributed by atoms with Gasteiger partial charge in [0.25, 0.3) is 0 Å². The summed E-state index contributed by atoms with van der Waals surface area (Å²) in [5, 5.41) is 23.3. The Morgan fingerprint density at radius 2 is 1.94 bits per heavy atom. The van der Waals surface area contributed by atoms with Crippen molar-refractivity contribution in [2.45, 2.75) is 31.8 Å². The second kappa shape index (κ2) is 10.7. The van der Waals surface area contributed by atoms with Gasteiger partial charge in [0.2, 0.25) is 5.91 Å². The predicted octanol–water partition coefficient (Wildman–Crippen LogP) is 2.98. The zero-order valence-electron chi connectivity index (χ0n) is 17.9. The number of phenolic OH excluding ortho intramolecular Hbond substituents is 1. The summed E-state index contributed by atoms with van der Waals surface area (Å²) in [6, 6.07) is 12.3. The third-order valence-electron chi connectivity index (χ3n) is 5.31. The van der Waals surface area contributed by atoms with E-state index in [0.29, 0.717) is 24.9 Å². The van der Waals surface area contributed by atoms with E-state index >= 15 is 0 Å². The summed E-state index contributed by atoms with van der Waals surface area (Å²) >= 11 is 0. The number of amides is 1. The first kappa shape index (κ1) is 22.4. The van der Waals surface area contributed by atoms with Gasteiger partial charge in [-0.3, -0.25) is 10.2 Å². The van der Waals surface area contributed by atoms with Crippen LogP contribution in [0.1, 0.15) is 31.2 Å². The lowest BCUT2D eigenvalue weighted by Crippen LogP contribution is -2.35. The lowest BCUT2D eigenvalue weighted by atomic mass is 10.1. The SMILES string of the molecule is CN1CCC(Oc2ccc(NCCCC(=O)Nc3cc(C(=N)N)ccc3O)cc2)CC1. The third-order valence-corrected chi connectivity index (χ3v) is 5.31. The van der Waals surface area contributed by atoms with Gasteiger partial charge in [0, 0.05) is 37.3 Å². The van der Waals surface area contributed by atoms with Gasteiger partial charge < -0.3 is 31.1 Å². The quantitative estimate of drug-likeness (QED) is 0.182. The van der Waals surface area contributed by atoms with Crippen LogP contribution in [0, 0.1) is 5.41 Å². The van der Waals surface area contributed by atoms with Crippen molar-refractivity contribution in [3.63, 3.8) is 0 Å². The van der Waals surface area contributed by atoms with Gasteiger partial charge in [-0.1, -0.05) is 0 Å². The molecule has 31 heavy (non-hydrogen) atoms. The summed E-state index contributed by atoms with van der Waals surface area (Å²) in [5.41, 5.74) is 7.12. The molecular formula is C23H31N5O3. The average Bonchev–Trinajstić information content (AvgIpc) is 2.75. The highest BCUT2D eigenvalue weighted by molar-refractivity contribution is 5.98. The minimum Gasteiger partial charge on any atom is -0.506 e. The minimum absolute atomic E-state index is 0.0565. The number of carbonyl (C=O) groups is 1. The molecule has 8 nitrogen and oxygen atoms in total. The second-order valence-corrected chi connectivity index (χ2v) is 7.87. The molecule has 0 saturated carbocycles. The first-order valence-electron chi connectivity index (χ1n) is 10.6. The van der Waals surface area contributed by atoms with Crippen molar-refractivity contribution in [3.05, 3.63) is 48.0 Å². The van der Waals surface area contributed by atoms with Gasteiger partial charge in [-0.25, -0.2) is 0 Å². The molecule has 2 aromatic carbocycles. The number of benzene rings is 2. The molecule has 1 aliphatic heterocycles. The molecular weight excluding hydrogens is 394 g/mol. The Morgan fingerprint density at radius 1 is 1.23 bits per heavy atom. The van der Waals surface area contributed by atoms with Gasteiger partial charge in [0.15, 0.2) is 0 Å². The smallest absolute Gasteiger partial charge is 0.224 e. The van der Waals surface area contributed by atoms with E-state index in [1.165, 1.54) is 18.2 Å². The number of nitrogens with two attached hydrogens (primary N) is 1. The number of aromatic hydroxyl groups is 1. The molecule has 0 aliphatic carbocycles. The van der Waals surface area contributed by atoms with E-state index in [-0.39, 0.29) is 29.3 Å². The fraction of sp³-hybridized carbons (Fsp3) is 0.391. The van der Waals surface area contributed by atoms with E-state index in [1.807, 2.05) is 24.3 Å². The molecule has 1 saturated heterocycles. The molecule has 1 fully saturated rings. The van der Waals surface area contributed by atoms with Crippen LogP contribution in [0.2, 0.25) is 0 Å². The van der Waals surface area contributed by atoms with Gasteiger partial charge in [-0.2, -0.15) is 0 Å². The Hall–Kier alpha value is -3.26. The summed E-state index contributed by atoms with van der Waals surface area (Å²) in [7, 11) is 2.14. The maximum atomic E-state index is 12.2. The van der Waals surface area contributed by atoms with Crippen LogP contribution in [0.25, 0.3) is 0 Å². The molecule has 1 amide bonds. The van der Waals surface area contributed by atoms with Crippen molar-refractivity contribution in [1.82, 2.24) is 4.90 Å². The number of carbonyl (C=O) groups excluding carboxylic acids is 1. The summed E-state index contributed by atoms with van der Waals surface area (Å²) < 4.78 is 6.06. The van der Waals surface area contributed by atoms with Crippen LogP contribution < -0.4 is 21.1 Å². The molecule has 2 aromatic rings. The molecule has 3 rings (SSSR count). The van der Waals surface area contributed by atoms with Gasteiger partial charge in [0.05, 0.1) is 5.69 Å². The standard InChI is InChI=1S/C23H31N5O3/c1-28-13-10-19(11-14-28)31-18-7-5-17(6-8-18)26-12-2-3-22(30)27-20-15-16(23(24)25)4-9-21(20)29/h4-9,15,19,26,29H,2-3,10-14H2,1H3,(H3,24,25)(H,27,30). The number of hydrogen-bond donors (Lipinski definition) is 5. The Kier molecular flexibility index (Phi) is 7.72. The number of nitrogens with zero attached hydrogens (tertiary/aromatic N) is 1. The number of amidine groups is 1. The lowest BCUT2D eigenvalue weighted by Gasteiger charge is -2.29. The van der Waals surface area contributed by atoms with E-state index in [1.54, 1.807) is 0 Å². The first-order chi connectivity index (χ1) is 14.9. The zero-order chi connectivity index (χ0) is 22.2. The zero-order valence-corrected chi connectivity index (χ0v) is 17.9. The molecule has 0 radical (unpaired) electrons. The maximum Gasteiger partial charge on any atom is 0.224 e. The van der Waals surface area contributed by atoms with Gasteiger partial charge >= 0.3 is 0 Å². The molecule has 6 N–H and O–H groups in total. The number of nitrogens with one attached hydrogen (secondary N) is 3. The topological polar surface area (TPSA) is 124 Å². The number of nitrogen functional groups attached to an aromatic ring is 1. The fourth-order valence-corrected chi connectivity index (χ4v) is 3.44. The van der Waals surface area contributed by atoms with E-state index in [4.69, 9.17) is 15.9 Å². The van der Waals surface area contributed by atoms with Crippen molar-refractivity contribution in [1.29, 1.82) is 5.41 Å². The summed E-state index contributed by atoms with van der Waals surface area (Å²) in [4.78, 5) is 14.5. The molecule has 0 unspecified atom stereocenters. The van der Waals surface area contributed by atoms with Gasteiger partial charge in [-0.05, 0) is 68.8 Å². The van der Waals surface area contributed by atoms with Crippen LogP contribution in [0.5, 0.6) is 11.5 Å².